The van der Waals surface area contributed by atoms with Crippen molar-refractivity contribution in [2.24, 2.45) is 0 Å². The van der Waals surface area contributed by atoms with Gasteiger partial charge in [-0.05, 0) is 38.9 Å². The fraction of sp³-hybridized carbons (Fsp3) is 0.533. The Labute approximate surface area is 115 Å². The average Bonchev–Trinajstić information content (AvgIpc) is 2.42. The van der Waals surface area contributed by atoms with E-state index in [9.17, 15) is 4.79 Å². The first-order valence-corrected chi connectivity index (χ1v) is 6.76. The Morgan fingerprint density at radius 2 is 2.11 bits per heavy atom. The summed E-state index contributed by atoms with van der Waals surface area (Å²) in [5.74, 6) is 0.974. The van der Waals surface area contributed by atoms with Gasteiger partial charge in [0, 0.05) is 19.0 Å². The standard InChI is InChI=1S/C15H24N2O2/c1-12-7-4-5-8-14(12)19-10-6-9-15(18)17-11-13(2)16-3/h4-5,7-8,13,16H,6,9-11H2,1-3H3,(H,17,18). The molecule has 0 aromatic heterocycles. The van der Waals surface area contributed by atoms with Crippen molar-refractivity contribution < 1.29 is 9.53 Å². The minimum Gasteiger partial charge on any atom is -0.493 e. The van der Waals surface area contributed by atoms with E-state index in [1.54, 1.807) is 0 Å². The lowest BCUT2D eigenvalue weighted by Gasteiger charge is -2.12. The molecule has 0 spiro atoms. The van der Waals surface area contributed by atoms with Crippen LogP contribution in [0.1, 0.15) is 25.3 Å². The normalized spacial score (nSPS) is 11.9. The molecule has 1 aromatic carbocycles. The van der Waals surface area contributed by atoms with Crippen molar-refractivity contribution in [1.82, 2.24) is 10.6 Å². The molecule has 4 heteroatoms. The van der Waals surface area contributed by atoms with Crippen molar-refractivity contribution in [3.63, 3.8) is 0 Å². The van der Waals surface area contributed by atoms with Gasteiger partial charge in [0.2, 0.25) is 5.91 Å². The second kappa shape index (κ2) is 8.53. The summed E-state index contributed by atoms with van der Waals surface area (Å²) in [6.45, 7) is 5.27. The van der Waals surface area contributed by atoms with E-state index in [0.29, 0.717) is 25.6 Å². The molecule has 106 valence electrons. The highest BCUT2D eigenvalue weighted by Gasteiger charge is 2.04. The van der Waals surface area contributed by atoms with Crippen molar-refractivity contribution in [3.05, 3.63) is 29.8 Å². The number of carbonyl (C=O) groups is 1. The molecule has 0 heterocycles. The molecule has 4 nitrogen and oxygen atoms in total. The number of amides is 1. The fourth-order valence-electron chi connectivity index (χ4n) is 1.59. The van der Waals surface area contributed by atoms with E-state index in [4.69, 9.17) is 4.74 Å². The SMILES string of the molecule is CNC(C)CNC(=O)CCCOc1ccccc1C. The monoisotopic (exact) mass is 264 g/mol. The van der Waals surface area contributed by atoms with Crippen LogP contribution in [0.25, 0.3) is 0 Å². The van der Waals surface area contributed by atoms with Crippen LogP contribution in [-0.4, -0.2) is 32.1 Å². The van der Waals surface area contributed by atoms with Gasteiger partial charge in [0.05, 0.1) is 6.61 Å². The molecule has 0 fully saturated rings. The van der Waals surface area contributed by atoms with E-state index in [1.165, 1.54) is 0 Å². The molecule has 0 aliphatic rings. The van der Waals surface area contributed by atoms with Crippen molar-refractivity contribution in [2.45, 2.75) is 32.7 Å². The van der Waals surface area contributed by atoms with E-state index in [0.717, 1.165) is 17.7 Å². The molecule has 1 aromatic rings. The molecular weight excluding hydrogens is 240 g/mol. The van der Waals surface area contributed by atoms with E-state index < -0.39 is 0 Å². The number of likely N-dealkylation sites (N-methyl/N-ethyl adjacent to an activating group) is 1. The maximum absolute atomic E-state index is 11.5. The van der Waals surface area contributed by atoms with Gasteiger partial charge < -0.3 is 15.4 Å². The van der Waals surface area contributed by atoms with E-state index in [-0.39, 0.29) is 5.91 Å². The van der Waals surface area contributed by atoms with Gasteiger partial charge in [0.1, 0.15) is 5.75 Å². The lowest BCUT2D eigenvalue weighted by atomic mass is 10.2. The molecule has 0 aliphatic heterocycles. The predicted octanol–water partition coefficient (Wildman–Crippen LogP) is 1.88. The van der Waals surface area contributed by atoms with Crippen molar-refractivity contribution in [3.8, 4) is 5.75 Å². The van der Waals surface area contributed by atoms with Crippen LogP contribution >= 0.6 is 0 Å². The summed E-state index contributed by atoms with van der Waals surface area (Å²) in [4.78, 5) is 11.5. The number of benzene rings is 1. The number of rotatable bonds is 8. The molecule has 0 aliphatic carbocycles. The summed E-state index contributed by atoms with van der Waals surface area (Å²) in [7, 11) is 1.88. The third kappa shape index (κ3) is 6.25. The van der Waals surface area contributed by atoms with Crippen LogP contribution in [0.15, 0.2) is 24.3 Å². The third-order valence-electron chi connectivity index (χ3n) is 3.00. The molecule has 0 saturated carbocycles. The largest absolute Gasteiger partial charge is 0.493 e. The van der Waals surface area contributed by atoms with Crippen molar-refractivity contribution >= 4 is 5.91 Å². The Balaban J connectivity index is 2.14. The van der Waals surface area contributed by atoms with Gasteiger partial charge in [-0.25, -0.2) is 0 Å². The maximum Gasteiger partial charge on any atom is 0.220 e. The maximum atomic E-state index is 11.5. The van der Waals surface area contributed by atoms with Crippen LogP contribution in [0.3, 0.4) is 0 Å². The van der Waals surface area contributed by atoms with Gasteiger partial charge in [0.15, 0.2) is 0 Å². The van der Waals surface area contributed by atoms with Gasteiger partial charge in [-0.2, -0.15) is 0 Å². The third-order valence-corrected chi connectivity index (χ3v) is 3.00. The van der Waals surface area contributed by atoms with E-state index in [2.05, 4.69) is 10.6 Å². The van der Waals surface area contributed by atoms with Crippen molar-refractivity contribution in [2.75, 3.05) is 20.2 Å². The highest BCUT2D eigenvalue weighted by atomic mass is 16.5. The molecule has 19 heavy (non-hydrogen) atoms. The lowest BCUT2D eigenvalue weighted by Crippen LogP contribution is -2.37. The van der Waals surface area contributed by atoms with Gasteiger partial charge in [0.25, 0.3) is 0 Å². The van der Waals surface area contributed by atoms with Gasteiger partial charge >= 0.3 is 0 Å². The number of nitrogens with one attached hydrogen (secondary N) is 2. The fourth-order valence-corrected chi connectivity index (χ4v) is 1.59. The number of para-hydroxylation sites is 1. The Morgan fingerprint density at radius 1 is 1.37 bits per heavy atom. The summed E-state index contributed by atoms with van der Waals surface area (Å²) in [6.07, 6.45) is 1.23. The van der Waals surface area contributed by atoms with Crippen LogP contribution in [0.2, 0.25) is 0 Å². The zero-order valence-electron chi connectivity index (χ0n) is 12.0. The summed E-state index contributed by atoms with van der Waals surface area (Å²) in [5.41, 5.74) is 1.12. The topological polar surface area (TPSA) is 50.4 Å². The Bertz CT molecular complexity index is 393. The molecule has 2 N–H and O–H groups in total. The first kappa shape index (κ1) is 15.5. The van der Waals surface area contributed by atoms with Gasteiger partial charge in [-0.3, -0.25) is 4.79 Å². The zero-order chi connectivity index (χ0) is 14.1. The molecule has 1 atom stereocenters. The van der Waals surface area contributed by atoms with Gasteiger partial charge in [-0.15, -0.1) is 0 Å². The highest BCUT2D eigenvalue weighted by molar-refractivity contribution is 5.75. The first-order valence-electron chi connectivity index (χ1n) is 6.76. The average molecular weight is 264 g/mol. The number of hydrogen-bond donors (Lipinski definition) is 2. The van der Waals surface area contributed by atoms with Crippen LogP contribution in [0, 0.1) is 6.92 Å². The second-order valence-corrected chi connectivity index (χ2v) is 4.71. The molecular formula is C15H24N2O2. The Morgan fingerprint density at radius 3 is 2.79 bits per heavy atom. The van der Waals surface area contributed by atoms with Crippen LogP contribution in [0.4, 0.5) is 0 Å². The summed E-state index contributed by atoms with van der Waals surface area (Å²) < 4.78 is 5.64. The highest BCUT2D eigenvalue weighted by Crippen LogP contribution is 2.16. The molecule has 1 rings (SSSR count). The lowest BCUT2D eigenvalue weighted by molar-refractivity contribution is -0.121. The second-order valence-electron chi connectivity index (χ2n) is 4.71. The minimum atomic E-state index is 0.0792. The van der Waals surface area contributed by atoms with Crippen LogP contribution in [-0.2, 0) is 4.79 Å². The van der Waals surface area contributed by atoms with Crippen LogP contribution in [0.5, 0.6) is 5.75 Å². The van der Waals surface area contributed by atoms with Crippen LogP contribution < -0.4 is 15.4 Å². The molecule has 0 radical (unpaired) electrons. The summed E-state index contributed by atoms with van der Waals surface area (Å²) in [5, 5.41) is 5.96. The van der Waals surface area contributed by atoms with Crippen molar-refractivity contribution in [1.29, 1.82) is 0 Å². The zero-order valence-corrected chi connectivity index (χ0v) is 12.0. The summed E-state index contributed by atoms with van der Waals surface area (Å²) in [6, 6.07) is 8.20. The molecule has 0 saturated heterocycles. The molecule has 1 unspecified atom stereocenters. The molecule has 1 amide bonds. The minimum absolute atomic E-state index is 0.0792. The smallest absolute Gasteiger partial charge is 0.220 e. The van der Waals surface area contributed by atoms with E-state index in [1.807, 2.05) is 45.2 Å². The summed E-state index contributed by atoms with van der Waals surface area (Å²) >= 11 is 0. The molecule has 0 bridgehead atoms. The van der Waals surface area contributed by atoms with E-state index >= 15 is 0 Å². The van der Waals surface area contributed by atoms with Gasteiger partial charge in [-0.1, -0.05) is 18.2 Å². The number of hydrogen-bond acceptors (Lipinski definition) is 3. The number of aryl methyl sites for hydroxylation is 1. The quantitative estimate of drug-likeness (QED) is 0.705. The Kier molecular flexibility index (Phi) is 6.97. The Hall–Kier alpha value is -1.55. The predicted molar refractivity (Wildman–Crippen MR) is 77.4 cm³/mol. The first-order chi connectivity index (χ1) is 9.13. The number of carbonyl (C=O) groups excluding carboxylic acids is 1. The number of ether oxygens (including phenoxy) is 1.